The quantitative estimate of drug-likeness (QED) is 0.479. The van der Waals surface area contributed by atoms with Crippen LogP contribution < -0.4 is 5.01 Å². The van der Waals surface area contributed by atoms with E-state index in [9.17, 15) is 13.7 Å². The Morgan fingerprint density at radius 2 is 1.88 bits per heavy atom. The molecule has 1 spiro atoms. The molecule has 0 radical (unpaired) electrons. The number of aryl methyl sites for hydroxylation is 1. The van der Waals surface area contributed by atoms with Gasteiger partial charge in [-0.3, -0.25) is 0 Å². The van der Waals surface area contributed by atoms with Gasteiger partial charge in [-0.1, -0.05) is 17.7 Å². The number of rotatable bonds is 3. The molecule has 1 unspecified atom stereocenters. The third kappa shape index (κ3) is 2.69. The van der Waals surface area contributed by atoms with Crippen molar-refractivity contribution in [1.82, 2.24) is 18.6 Å². The molecule has 1 aliphatic carbocycles. The number of nitriles is 1. The van der Waals surface area contributed by atoms with Crippen LogP contribution in [0.1, 0.15) is 24.8 Å². The molecule has 9 heteroatoms. The molecule has 2 fully saturated rings. The van der Waals surface area contributed by atoms with E-state index < -0.39 is 10.0 Å². The summed E-state index contributed by atoms with van der Waals surface area (Å²) in [6.07, 6.45) is 7.97. The SMILES string of the molecule is Cc1ccc(S(=O)(=O)n2ccc3c4c(cnc32)ncn4N2CCC3(CC2)CC3C#N)cc1. The molecule has 3 aromatic heterocycles. The molecule has 8 nitrogen and oxygen atoms in total. The molecule has 4 aromatic rings. The normalized spacial score (nSPS) is 20.1. The zero-order chi connectivity index (χ0) is 22.1. The summed E-state index contributed by atoms with van der Waals surface area (Å²) in [4.78, 5) is 9.19. The average Bonchev–Trinajstić information content (AvgIpc) is 3.13. The van der Waals surface area contributed by atoms with Crippen LogP contribution in [0.4, 0.5) is 0 Å². The molecular formula is C23H22N6O2S. The van der Waals surface area contributed by atoms with Gasteiger partial charge in [-0.2, -0.15) is 5.26 Å². The van der Waals surface area contributed by atoms with E-state index in [0.29, 0.717) is 5.65 Å². The monoisotopic (exact) mass is 446 g/mol. The highest BCUT2D eigenvalue weighted by Crippen LogP contribution is 2.58. The Labute approximate surface area is 185 Å². The van der Waals surface area contributed by atoms with Crippen LogP contribution in [0.25, 0.3) is 22.1 Å². The van der Waals surface area contributed by atoms with Gasteiger partial charge in [0.05, 0.1) is 23.1 Å². The first-order valence-electron chi connectivity index (χ1n) is 10.7. The van der Waals surface area contributed by atoms with Crippen LogP contribution in [0.2, 0.25) is 0 Å². The Balaban J connectivity index is 1.41. The highest BCUT2D eigenvalue weighted by atomic mass is 32.2. The van der Waals surface area contributed by atoms with Gasteiger partial charge in [0.25, 0.3) is 10.0 Å². The summed E-state index contributed by atoms with van der Waals surface area (Å²) in [6.45, 7) is 3.61. The van der Waals surface area contributed by atoms with Crippen molar-refractivity contribution in [3.05, 3.63) is 54.6 Å². The molecule has 1 atom stereocenters. The first-order chi connectivity index (χ1) is 15.4. The molecule has 32 heavy (non-hydrogen) atoms. The van der Waals surface area contributed by atoms with Gasteiger partial charge in [-0.25, -0.2) is 27.0 Å². The maximum absolute atomic E-state index is 13.3. The van der Waals surface area contributed by atoms with Crippen LogP contribution in [0, 0.1) is 29.6 Å². The number of imidazole rings is 1. The fraction of sp³-hybridized carbons (Fsp3) is 0.348. The first kappa shape index (κ1) is 19.3. The van der Waals surface area contributed by atoms with E-state index in [1.807, 2.05) is 11.6 Å². The summed E-state index contributed by atoms with van der Waals surface area (Å²) in [5.41, 5.74) is 3.17. The smallest absolute Gasteiger partial charge is 0.269 e. The molecular weight excluding hydrogens is 424 g/mol. The largest absolute Gasteiger partial charge is 0.311 e. The Bertz CT molecular complexity index is 1500. The van der Waals surface area contributed by atoms with Gasteiger partial charge in [0, 0.05) is 24.7 Å². The third-order valence-corrected chi connectivity index (χ3v) is 8.81. The van der Waals surface area contributed by atoms with Crippen LogP contribution in [0.5, 0.6) is 0 Å². The average molecular weight is 447 g/mol. The maximum Gasteiger partial charge on any atom is 0.269 e. The van der Waals surface area contributed by atoms with E-state index in [-0.39, 0.29) is 16.2 Å². The van der Waals surface area contributed by atoms with Crippen LogP contribution in [0.15, 0.2) is 53.9 Å². The second-order valence-corrected chi connectivity index (χ2v) is 10.8. The lowest BCUT2D eigenvalue weighted by Crippen LogP contribution is -2.42. The number of nitrogens with zero attached hydrogens (tertiary/aromatic N) is 6. The Morgan fingerprint density at radius 3 is 2.56 bits per heavy atom. The molecule has 162 valence electrons. The molecule has 1 aliphatic heterocycles. The fourth-order valence-corrected chi connectivity index (χ4v) is 6.32. The molecule has 4 heterocycles. The second kappa shape index (κ2) is 6.56. The van der Waals surface area contributed by atoms with E-state index in [0.717, 1.165) is 54.3 Å². The highest BCUT2D eigenvalue weighted by Gasteiger charge is 2.55. The number of hydrogen-bond acceptors (Lipinski definition) is 6. The van der Waals surface area contributed by atoms with Gasteiger partial charge in [-0.05, 0) is 49.8 Å². The fourth-order valence-electron chi connectivity index (χ4n) is 5.02. The second-order valence-electron chi connectivity index (χ2n) is 8.95. The van der Waals surface area contributed by atoms with E-state index in [1.165, 1.54) is 3.97 Å². The zero-order valence-corrected chi connectivity index (χ0v) is 18.5. The molecule has 0 amide bonds. The zero-order valence-electron chi connectivity index (χ0n) is 17.6. The minimum Gasteiger partial charge on any atom is -0.311 e. The minimum atomic E-state index is -3.76. The number of aromatic nitrogens is 4. The topological polar surface area (TPSA) is 96.8 Å². The Hall–Kier alpha value is -3.38. The molecule has 0 N–H and O–H groups in total. The van der Waals surface area contributed by atoms with Gasteiger partial charge in [-0.15, -0.1) is 0 Å². The van der Waals surface area contributed by atoms with Crippen molar-refractivity contribution in [2.75, 3.05) is 18.1 Å². The van der Waals surface area contributed by atoms with Crippen LogP contribution >= 0.6 is 0 Å². The van der Waals surface area contributed by atoms with Crippen molar-refractivity contribution in [3.8, 4) is 6.07 Å². The van der Waals surface area contributed by atoms with Gasteiger partial charge in [0.1, 0.15) is 17.4 Å². The predicted molar refractivity (Wildman–Crippen MR) is 120 cm³/mol. The molecule has 6 rings (SSSR count). The predicted octanol–water partition coefficient (Wildman–Crippen LogP) is 3.19. The van der Waals surface area contributed by atoms with Crippen molar-refractivity contribution >= 4 is 32.1 Å². The van der Waals surface area contributed by atoms with Crippen molar-refractivity contribution in [1.29, 1.82) is 5.26 Å². The van der Waals surface area contributed by atoms with Crippen molar-refractivity contribution in [3.63, 3.8) is 0 Å². The molecule has 1 saturated heterocycles. The number of piperidine rings is 1. The molecule has 1 saturated carbocycles. The van der Waals surface area contributed by atoms with Crippen LogP contribution in [-0.4, -0.2) is 40.1 Å². The molecule has 2 aliphatic rings. The van der Waals surface area contributed by atoms with Crippen LogP contribution in [-0.2, 0) is 10.0 Å². The number of pyridine rings is 1. The van der Waals surface area contributed by atoms with E-state index in [1.54, 1.807) is 49.1 Å². The molecule has 1 aromatic carbocycles. The Kier molecular flexibility index (Phi) is 3.96. The summed E-state index contributed by atoms with van der Waals surface area (Å²) >= 11 is 0. The third-order valence-electron chi connectivity index (χ3n) is 7.13. The number of fused-ring (bicyclic) bond motifs is 3. The van der Waals surface area contributed by atoms with Gasteiger partial charge in [0.15, 0.2) is 5.65 Å². The lowest BCUT2D eigenvalue weighted by atomic mass is 9.92. The maximum atomic E-state index is 13.3. The van der Waals surface area contributed by atoms with Crippen molar-refractivity contribution in [2.24, 2.45) is 11.3 Å². The van der Waals surface area contributed by atoms with E-state index >= 15 is 0 Å². The van der Waals surface area contributed by atoms with E-state index in [2.05, 4.69) is 21.0 Å². The summed E-state index contributed by atoms with van der Waals surface area (Å²) in [7, 11) is -3.76. The first-order valence-corrected chi connectivity index (χ1v) is 12.2. The van der Waals surface area contributed by atoms with Crippen molar-refractivity contribution < 1.29 is 8.42 Å². The summed E-state index contributed by atoms with van der Waals surface area (Å²) in [6, 6.07) is 11.1. The van der Waals surface area contributed by atoms with Gasteiger partial charge < -0.3 is 5.01 Å². The summed E-state index contributed by atoms with van der Waals surface area (Å²) in [5.74, 6) is 0.195. The van der Waals surface area contributed by atoms with Crippen LogP contribution in [0.3, 0.4) is 0 Å². The number of hydrogen-bond donors (Lipinski definition) is 0. The minimum absolute atomic E-state index is 0.195. The standard InChI is InChI=1S/C23H22N6O2S/c1-16-2-4-18(5-3-16)32(30,31)29-9-6-19-21-20(14-25-22(19)29)26-15-28(21)27-10-7-23(8-11-27)12-17(23)13-24/h2-6,9,14-15,17H,7-8,10-12H2,1H3. The molecule has 0 bridgehead atoms. The number of benzene rings is 1. The summed E-state index contributed by atoms with van der Waals surface area (Å²) < 4.78 is 29.8. The Morgan fingerprint density at radius 1 is 1.12 bits per heavy atom. The summed E-state index contributed by atoms with van der Waals surface area (Å²) in [5, 5.41) is 12.2. The highest BCUT2D eigenvalue weighted by molar-refractivity contribution is 7.90. The van der Waals surface area contributed by atoms with E-state index in [4.69, 9.17) is 0 Å². The van der Waals surface area contributed by atoms with Gasteiger partial charge in [0.2, 0.25) is 0 Å². The van der Waals surface area contributed by atoms with Gasteiger partial charge >= 0.3 is 0 Å². The lowest BCUT2D eigenvalue weighted by molar-refractivity contribution is 0.333. The van der Waals surface area contributed by atoms with Crippen molar-refractivity contribution in [2.45, 2.75) is 31.1 Å². The lowest BCUT2D eigenvalue weighted by Gasteiger charge is -2.34.